The molecule has 0 aromatic heterocycles. The Morgan fingerprint density at radius 1 is 1.44 bits per heavy atom. The Bertz CT molecular complexity index is 536. The topological polar surface area (TPSA) is 72.2 Å². The molecule has 2 rings (SSSR count). The second kappa shape index (κ2) is 4.90. The van der Waals surface area contributed by atoms with Gasteiger partial charge < -0.3 is 5.73 Å². The third-order valence-electron chi connectivity index (χ3n) is 3.48. The number of benzene rings is 1. The van der Waals surface area contributed by atoms with Gasteiger partial charge in [0.1, 0.15) is 0 Å². The largest absolute Gasteiger partial charge is 0.398 e. The van der Waals surface area contributed by atoms with E-state index >= 15 is 0 Å². The summed E-state index contributed by atoms with van der Waals surface area (Å²) in [6.07, 6.45) is 3.03. The first-order valence-corrected chi connectivity index (χ1v) is 7.83. The monoisotopic (exact) mass is 268 g/mol. The zero-order valence-electron chi connectivity index (χ0n) is 10.8. The summed E-state index contributed by atoms with van der Waals surface area (Å²) in [6.45, 7) is 3.91. The van der Waals surface area contributed by atoms with Crippen LogP contribution in [0.2, 0.25) is 0 Å². The first-order valence-electron chi connectivity index (χ1n) is 6.34. The minimum Gasteiger partial charge on any atom is -0.398 e. The van der Waals surface area contributed by atoms with Gasteiger partial charge >= 0.3 is 0 Å². The van der Waals surface area contributed by atoms with E-state index in [0.29, 0.717) is 11.6 Å². The summed E-state index contributed by atoms with van der Waals surface area (Å²) in [4.78, 5) is 0.254. The SMILES string of the molecule is CCc1ccc(S(=O)(=O)NC(C)C2CC2)cc1N. The number of anilines is 1. The molecule has 0 spiro atoms. The lowest BCUT2D eigenvalue weighted by Gasteiger charge is -2.14. The number of sulfonamides is 1. The minimum absolute atomic E-state index is 0.00192. The van der Waals surface area contributed by atoms with Gasteiger partial charge in [0, 0.05) is 11.7 Å². The predicted octanol–water partition coefficient (Wildman–Crippen LogP) is 1.91. The highest BCUT2D eigenvalue weighted by Crippen LogP contribution is 2.33. The first-order chi connectivity index (χ1) is 8.44. The van der Waals surface area contributed by atoms with Crippen molar-refractivity contribution in [2.45, 2.75) is 44.0 Å². The lowest BCUT2D eigenvalue weighted by Crippen LogP contribution is -2.34. The van der Waals surface area contributed by atoms with E-state index in [9.17, 15) is 8.42 Å². The number of hydrogen-bond donors (Lipinski definition) is 2. The van der Waals surface area contributed by atoms with Crippen LogP contribution in [0, 0.1) is 5.92 Å². The maximum Gasteiger partial charge on any atom is 0.240 e. The molecule has 0 bridgehead atoms. The van der Waals surface area contributed by atoms with E-state index in [0.717, 1.165) is 24.8 Å². The molecule has 0 radical (unpaired) electrons. The van der Waals surface area contributed by atoms with Crippen molar-refractivity contribution in [2.24, 2.45) is 5.92 Å². The summed E-state index contributed by atoms with van der Waals surface area (Å²) < 4.78 is 27.0. The fourth-order valence-corrected chi connectivity index (χ4v) is 3.41. The van der Waals surface area contributed by atoms with Gasteiger partial charge in [0.15, 0.2) is 0 Å². The molecule has 1 saturated carbocycles. The van der Waals surface area contributed by atoms with Gasteiger partial charge in [0.25, 0.3) is 0 Å². The summed E-state index contributed by atoms with van der Waals surface area (Å²) in [5.74, 6) is 0.493. The molecular formula is C13H20N2O2S. The molecule has 1 aromatic rings. The van der Waals surface area contributed by atoms with E-state index in [4.69, 9.17) is 5.73 Å². The Hall–Kier alpha value is -1.07. The number of rotatable bonds is 5. The van der Waals surface area contributed by atoms with Crippen molar-refractivity contribution >= 4 is 15.7 Å². The van der Waals surface area contributed by atoms with Gasteiger partial charge in [0.05, 0.1) is 4.90 Å². The molecular weight excluding hydrogens is 248 g/mol. The first kappa shape index (κ1) is 13.4. The van der Waals surface area contributed by atoms with Gasteiger partial charge in [-0.05, 0) is 49.8 Å². The van der Waals surface area contributed by atoms with Crippen LogP contribution in [0.15, 0.2) is 23.1 Å². The minimum atomic E-state index is -3.44. The number of nitrogen functional groups attached to an aromatic ring is 1. The maximum absolute atomic E-state index is 12.2. The average molecular weight is 268 g/mol. The quantitative estimate of drug-likeness (QED) is 0.801. The zero-order valence-corrected chi connectivity index (χ0v) is 11.6. The Labute approximate surface area is 109 Å². The number of nitrogens with one attached hydrogen (secondary N) is 1. The van der Waals surface area contributed by atoms with Crippen LogP contribution in [0.25, 0.3) is 0 Å². The van der Waals surface area contributed by atoms with Gasteiger partial charge in [-0.3, -0.25) is 0 Å². The van der Waals surface area contributed by atoms with Crippen LogP contribution in [0.5, 0.6) is 0 Å². The molecule has 0 heterocycles. The van der Waals surface area contributed by atoms with Gasteiger partial charge in [0.2, 0.25) is 10.0 Å². The van der Waals surface area contributed by atoms with Crippen LogP contribution in [-0.2, 0) is 16.4 Å². The fourth-order valence-electron chi connectivity index (χ4n) is 2.07. The molecule has 3 N–H and O–H groups in total. The van der Waals surface area contributed by atoms with E-state index in [2.05, 4.69) is 4.72 Å². The van der Waals surface area contributed by atoms with Gasteiger partial charge in [-0.2, -0.15) is 0 Å². The van der Waals surface area contributed by atoms with Crippen LogP contribution in [0.4, 0.5) is 5.69 Å². The summed E-state index contributed by atoms with van der Waals surface area (Å²) in [7, 11) is -3.44. The van der Waals surface area contributed by atoms with Crippen molar-refractivity contribution in [3.8, 4) is 0 Å². The highest BCUT2D eigenvalue weighted by Gasteiger charge is 2.31. The Balaban J connectivity index is 2.20. The number of hydrogen-bond acceptors (Lipinski definition) is 3. The van der Waals surface area contributed by atoms with Crippen LogP contribution < -0.4 is 10.5 Å². The highest BCUT2D eigenvalue weighted by atomic mass is 32.2. The Kier molecular flexibility index (Phi) is 3.64. The molecule has 1 atom stereocenters. The molecule has 4 nitrogen and oxygen atoms in total. The third-order valence-corrected chi connectivity index (χ3v) is 5.04. The Morgan fingerprint density at radius 3 is 2.61 bits per heavy atom. The van der Waals surface area contributed by atoms with E-state index in [1.807, 2.05) is 13.8 Å². The second-order valence-electron chi connectivity index (χ2n) is 4.96. The standard InChI is InChI=1S/C13H20N2O2S/c1-3-10-6-7-12(8-13(10)14)18(16,17)15-9(2)11-4-5-11/h6-9,11,15H,3-5,14H2,1-2H3. The molecule has 0 aliphatic heterocycles. The fraction of sp³-hybridized carbons (Fsp3) is 0.538. The molecule has 1 unspecified atom stereocenters. The second-order valence-corrected chi connectivity index (χ2v) is 6.68. The van der Waals surface area contributed by atoms with Crippen molar-refractivity contribution in [1.82, 2.24) is 4.72 Å². The molecule has 100 valence electrons. The summed E-state index contributed by atoms with van der Waals surface area (Å²) in [6, 6.07) is 4.95. The van der Waals surface area contributed by atoms with E-state index in [1.165, 1.54) is 0 Å². The van der Waals surface area contributed by atoms with Crippen molar-refractivity contribution in [3.63, 3.8) is 0 Å². The van der Waals surface area contributed by atoms with Crippen molar-refractivity contribution in [2.75, 3.05) is 5.73 Å². The average Bonchev–Trinajstić information content (AvgIpc) is 3.12. The lowest BCUT2D eigenvalue weighted by molar-refractivity contribution is 0.538. The summed E-state index contributed by atoms with van der Waals surface area (Å²) >= 11 is 0. The smallest absolute Gasteiger partial charge is 0.240 e. The predicted molar refractivity (Wildman–Crippen MR) is 72.7 cm³/mol. The molecule has 18 heavy (non-hydrogen) atoms. The molecule has 5 heteroatoms. The summed E-state index contributed by atoms with van der Waals surface area (Å²) in [5.41, 5.74) is 7.36. The van der Waals surface area contributed by atoms with Crippen molar-refractivity contribution in [3.05, 3.63) is 23.8 Å². The van der Waals surface area contributed by atoms with Crippen LogP contribution in [0.3, 0.4) is 0 Å². The van der Waals surface area contributed by atoms with Gasteiger partial charge in [-0.25, -0.2) is 13.1 Å². The molecule has 1 aliphatic carbocycles. The number of aryl methyl sites for hydroxylation is 1. The molecule has 0 amide bonds. The van der Waals surface area contributed by atoms with Gasteiger partial charge in [-0.15, -0.1) is 0 Å². The zero-order chi connectivity index (χ0) is 13.3. The Morgan fingerprint density at radius 2 is 2.11 bits per heavy atom. The molecule has 1 fully saturated rings. The third kappa shape index (κ3) is 2.84. The molecule has 0 saturated heterocycles. The van der Waals surface area contributed by atoms with Crippen molar-refractivity contribution in [1.29, 1.82) is 0 Å². The summed E-state index contributed by atoms with van der Waals surface area (Å²) in [5, 5.41) is 0. The molecule has 1 aliphatic rings. The van der Waals surface area contributed by atoms with E-state index < -0.39 is 10.0 Å². The van der Waals surface area contributed by atoms with E-state index in [1.54, 1.807) is 18.2 Å². The molecule has 1 aromatic carbocycles. The van der Waals surface area contributed by atoms with Crippen molar-refractivity contribution < 1.29 is 8.42 Å². The van der Waals surface area contributed by atoms with Crippen LogP contribution in [0.1, 0.15) is 32.3 Å². The highest BCUT2D eigenvalue weighted by molar-refractivity contribution is 7.89. The maximum atomic E-state index is 12.2. The lowest BCUT2D eigenvalue weighted by atomic mass is 10.1. The normalized spacial score (nSPS) is 17.7. The van der Waals surface area contributed by atoms with E-state index in [-0.39, 0.29) is 10.9 Å². The van der Waals surface area contributed by atoms with Crippen LogP contribution in [-0.4, -0.2) is 14.5 Å². The van der Waals surface area contributed by atoms with Gasteiger partial charge in [-0.1, -0.05) is 13.0 Å². The number of nitrogens with two attached hydrogens (primary N) is 1. The van der Waals surface area contributed by atoms with Crippen LogP contribution >= 0.6 is 0 Å².